The van der Waals surface area contributed by atoms with E-state index in [1.807, 2.05) is 0 Å². The fourth-order valence-electron chi connectivity index (χ4n) is 1.89. The number of hydrogen-bond donors (Lipinski definition) is 4. The van der Waals surface area contributed by atoms with Crippen molar-refractivity contribution in [2.75, 3.05) is 13.2 Å². The highest BCUT2D eigenvalue weighted by Gasteiger charge is 2.45. The van der Waals surface area contributed by atoms with Gasteiger partial charge < -0.3 is 30.1 Å². The maximum absolute atomic E-state index is 11.3. The molecule has 1 aliphatic rings. The van der Waals surface area contributed by atoms with E-state index in [-0.39, 0.29) is 18.8 Å². The van der Waals surface area contributed by atoms with Crippen molar-refractivity contribution in [3.8, 4) is 0 Å². The molecule has 1 heterocycles. The van der Waals surface area contributed by atoms with Crippen LogP contribution in [0.4, 0.5) is 0 Å². The van der Waals surface area contributed by atoms with E-state index in [4.69, 9.17) is 14.6 Å². The summed E-state index contributed by atoms with van der Waals surface area (Å²) in [6, 6.07) is -1.02. The van der Waals surface area contributed by atoms with Crippen LogP contribution >= 0.6 is 0 Å². The predicted octanol–water partition coefficient (Wildman–Crippen LogP) is -2.07. The molecular formula is C12H21NO7. The maximum atomic E-state index is 11.3. The second-order valence-corrected chi connectivity index (χ2v) is 4.64. The molecule has 0 saturated carbocycles. The minimum absolute atomic E-state index is 0.170. The minimum Gasteiger partial charge on any atom is -0.394 e. The number of aliphatic hydroxyl groups excluding tert-OH is 3. The van der Waals surface area contributed by atoms with Crippen LogP contribution in [0.2, 0.25) is 0 Å². The summed E-state index contributed by atoms with van der Waals surface area (Å²) in [5.41, 5.74) is 0. The zero-order valence-corrected chi connectivity index (χ0v) is 11.5. The van der Waals surface area contributed by atoms with Crippen LogP contribution in [0.5, 0.6) is 0 Å². The predicted molar refractivity (Wildman–Crippen MR) is 66.6 cm³/mol. The van der Waals surface area contributed by atoms with Crippen molar-refractivity contribution in [2.24, 2.45) is 0 Å². The van der Waals surface area contributed by atoms with Crippen LogP contribution in [0.3, 0.4) is 0 Å². The van der Waals surface area contributed by atoms with Crippen LogP contribution in [-0.2, 0) is 19.1 Å². The molecule has 5 atom stereocenters. The minimum atomic E-state index is -1.37. The number of ketones is 1. The summed E-state index contributed by atoms with van der Waals surface area (Å²) in [6.07, 6.45) is -4.61. The number of hydrogen-bond acceptors (Lipinski definition) is 7. The standard InChI is InChI=1S/C12H21NO7/c1-3-7(16)5-19-12-9(13-6(2)15)11(18)10(17)8(4-14)20-12/h8-12,14,17-18H,3-5H2,1-2H3,(H,13,15). The Bertz CT molecular complexity index is 349. The molecule has 0 aromatic heterocycles. The second-order valence-electron chi connectivity index (χ2n) is 4.64. The quantitative estimate of drug-likeness (QED) is 0.443. The third-order valence-corrected chi connectivity index (χ3v) is 3.05. The van der Waals surface area contributed by atoms with E-state index in [2.05, 4.69) is 5.32 Å². The summed E-state index contributed by atoms with van der Waals surface area (Å²) >= 11 is 0. The molecule has 1 amide bonds. The normalized spacial score (nSPS) is 33.8. The SMILES string of the molecule is CCC(=O)COC1OC(CO)C(O)C(O)C1NC(C)=O. The highest BCUT2D eigenvalue weighted by atomic mass is 16.7. The van der Waals surface area contributed by atoms with Crippen molar-refractivity contribution in [1.82, 2.24) is 5.32 Å². The van der Waals surface area contributed by atoms with Crippen LogP contribution in [-0.4, -0.2) is 70.9 Å². The van der Waals surface area contributed by atoms with E-state index in [0.717, 1.165) is 0 Å². The van der Waals surface area contributed by atoms with Crippen molar-refractivity contribution in [3.63, 3.8) is 0 Å². The Morgan fingerprint density at radius 2 is 1.95 bits per heavy atom. The van der Waals surface area contributed by atoms with E-state index in [0.29, 0.717) is 0 Å². The van der Waals surface area contributed by atoms with Crippen LogP contribution in [0.15, 0.2) is 0 Å². The number of aliphatic hydroxyl groups is 3. The molecule has 4 N–H and O–H groups in total. The Labute approximate surface area is 116 Å². The third kappa shape index (κ3) is 4.22. The number of Topliss-reactive ketones (excluding diaryl/α,β-unsaturated/α-hetero) is 1. The van der Waals surface area contributed by atoms with Crippen LogP contribution in [0.25, 0.3) is 0 Å². The number of rotatable bonds is 6. The van der Waals surface area contributed by atoms with Gasteiger partial charge in [0.15, 0.2) is 12.1 Å². The van der Waals surface area contributed by atoms with E-state index < -0.39 is 43.2 Å². The Morgan fingerprint density at radius 1 is 1.30 bits per heavy atom. The fraction of sp³-hybridized carbons (Fsp3) is 0.833. The van der Waals surface area contributed by atoms with Gasteiger partial charge in [-0.1, -0.05) is 6.92 Å². The first-order valence-electron chi connectivity index (χ1n) is 6.43. The van der Waals surface area contributed by atoms with E-state index in [1.165, 1.54) is 6.92 Å². The first kappa shape index (κ1) is 17.0. The molecule has 0 bridgehead atoms. The van der Waals surface area contributed by atoms with Gasteiger partial charge in [-0.05, 0) is 0 Å². The van der Waals surface area contributed by atoms with Gasteiger partial charge in [-0.15, -0.1) is 0 Å². The van der Waals surface area contributed by atoms with Gasteiger partial charge in [0.2, 0.25) is 5.91 Å². The highest BCUT2D eigenvalue weighted by Crippen LogP contribution is 2.22. The van der Waals surface area contributed by atoms with E-state index in [1.54, 1.807) is 6.92 Å². The summed E-state index contributed by atoms with van der Waals surface area (Å²) in [7, 11) is 0. The molecule has 0 aliphatic carbocycles. The van der Waals surface area contributed by atoms with Crippen molar-refractivity contribution in [2.45, 2.75) is 50.9 Å². The molecule has 0 aromatic rings. The largest absolute Gasteiger partial charge is 0.394 e. The first-order chi connectivity index (χ1) is 9.40. The van der Waals surface area contributed by atoms with Gasteiger partial charge in [-0.25, -0.2) is 0 Å². The van der Waals surface area contributed by atoms with Gasteiger partial charge in [0, 0.05) is 13.3 Å². The Balaban J connectivity index is 2.77. The molecule has 20 heavy (non-hydrogen) atoms. The molecule has 8 heteroatoms. The fourth-order valence-corrected chi connectivity index (χ4v) is 1.89. The third-order valence-electron chi connectivity index (χ3n) is 3.05. The Kier molecular flexibility index (Phi) is 6.50. The zero-order chi connectivity index (χ0) is 15.3. The lowest BCUT2D eigenvalue weighted by molar-refractivity contribution is -0.268. The lowest BCUT2D eigenvalue weighted by atomic mass is 9.97. The van der Waals surface area contributed by atoms with Crippen LogP contribution in [0.1, 0.15) is 20.3 Å². The number of ether oxygens (including phenoxy) is 2. The lowest BCUT2D eigenvalue weighted by Gasteiger charge is -2.42. The highest BCUT2D eigenvalue weighted by molar-refractivity contribution is 5.79. The van der Waals surface area contributed by atoms with Crippen molar-refractivity contribution >= 4 is 11.7 Å². The van der Waals surface area contributed by atoms with Crippen molar-refractivity contribution in [1.29, 1.82) is 0 Å². The molecular weight excluding hydrogens is 270 g/mol. The number of carbonyl (C=O) groups is 2. The van der Waals surface area contributed by atoms with Crippen LogP contribution in [0, 0.1) is 0 Å². The molecule has 0 radical (unpaired) electrons. The van der Waals surface area contributed by atoms with E-state index >= 15 is 0 Å². The number of nitrogens with one attached hydrogen (secondary N) is 1. The first-order valence-corrected chi connectivity index (χ1v) is 6.43. The molecule has 8 nitrogen and oxygen atoms in total. The molecule has 0 spiro atoms. The molecule has 116 valence electrons. The van der Waals surface area contributed by atoms with Gasteiger partial charge in [0.25, 0.3) is 0 Å². The van der Waals surface area contributed by atoms with Crippen LogP contribution < -0.4 is 5.32 Å². The smallest absolute Gasteiger partial charge is 0.217 e. The molecule has 1 rings (SSSR count). The van der Waals surface area contributed by atoms with Crippen molar-refractivity contribution in [3.05, 3.63) is 0 Å². The molecule has 1 aliphatic heterocycles. The average molecular weight is 291 g/mol. The molecule has 1 fully saturated rings. The van der Waals surface area contributed by atoms with Gasteiger partial charge in [0.05, 0.1) is 6.61 Å². The summed E-state index contributed by atoms with van der Waals surface area (Å²) in [5.74, 6) is -0.612. The summed E-state index contributed by atoms with van der Waals surface area (Å²) < 4.78 is 10.5. The Hall–Kier alpha value is -1.06. The summed E-state index contributed by atoms with van der Waals surface area (Å²) in [4.78, 5) is 22.4. The van der Waals surface area contributed by atoms with E-state index in [9.17, 15) is 19.8 Å². The summed E-state index contributed by atoms with van der Waals surface area (Å²) in [5, 5.41) is 31.2. The maximum Gasteiger partial charge on any atom is 0.217 e. The average Bonchev–Trinajstić information content (AvgIpc) is 2.42. The molecule has 1 saturated heterocycles. The molecule has 5 unspecified atom stereocenters. The number of amides is 1. The van der Waals surface area contributed by atoms with Gasteiger partial charge in [-0.2, -0.15) is 0 Å². The van der Waals surface area contributed by atoms with Gasteiger partial charge in [-0.3, -0.25) is 9.59 Å². The topological polar surface area (TPSA) is 125 Å². The van der Waals surface area contributed by atoms with Crippen molar-refractivity contribution < 1.29 is 34.4 Å². The number of carbonyl (C=O) groups excluding carboxylic acids is 2. The second kappa shape index (κ2) is 7.65. The van der Waals surface area contributed by atoms with Gasteiger partial charge >= 0.3 is 0 Å². The monoisotopic (exact) mass is 291 g/mol. The Morgan fingerprint density at radius 3 is 2.45 bits per heavy atom. The molecule has 0 aromatic carbocycles. The lowest BCUT2D eigenvalue weighted by Crippen LogP contribution is -2.64. The summed E-state index contributed by atoms with van der Waals surface area (Å²) in [6.45, 7) is 2.16. The van der Waals surface area contributed by atoms with Gasteiger partial charge in [0.1, 0.15) is 31.0 Å². The zero-order valence-electron chi connectivity index (χ0n) is 11.5.